The van der Waals surface area contributed by atoms with Crippen molar-refractivity contribution in [3.63, 3.8) is 0 Å². The van der Waals surface area contributed by atoms with Crippen molar-refractivity contribution in [2.75, 3.05) is 19.1 Å². The van der Waals surface area contributed by atoms with Gasteiger partial charge in [0.25, 0.3) is 11.6 Å². The molecule has 0 aliphatic rings. The number of methoxy groups -OCH3 is 2. The zero-order chi connectivity index (χ0) is 24.1. The number of thiazole rings is 1. The van der Waals surface area contributed by atoms with Crippen molar-refractivity contribution in [2.24, 2.45) is 0 Å². The van der Waals surface area contributed by atoms with E-state index in [0.717, 1.165) is 10.3 Å². The van der Waals surface area contributed by atoms with Crippen molar-refractivity contribution in [2.45, 2.75) is 6.54 Å². The molecule has 0 aliphatic carbocycles. The molecule has 0 fully saturated rings. The van der Waals surface area contributed by atoms with Crippen molar-refractivity contribution >= 4 is 44.4 Å². The number of amides is 1. The number of ether oxygens (including phenoxy) is 2. The number of fused-ring (bicyclic) bond motifs is 1. The number of aromatic nitrogens is 2. The summed E-state index contributed by atoms with van der Waals surface area (Å²) in [6.07, 6.45) is 6.25. The fourth-order valence-corrected chi connectivity index (χ4v) is 4.38. The van der Waals surface area contributed by atoms with Gasteiger partial charge in [-0.05, 0) is 35.4 Å². The summed E-state index contributed by atoms with van der Waals surface area (Å²) in [6, 6.07) is 13.3. The summed E-state index contributed by atoms with van der Waals surface area (Å²) in [5, 5.41) is 11.5. The van der Waals surface area contributed by atoms with Crippen LogP contribution < -0.4 is 14.4 Å². The topological polar surface area (TPSA) is 108 Å². The lowest BCUT2D eigenvalue weighted by Gasteiger charge is -2.18. The molecule has 4 aromatic rings. The molecule has 0 N–H and O–H groups in total. The Morgan fingerprint density at radius 3 is 2.65 bits per heavy atom. The van der Waals surface area contributed by atoms with Crippen molar-refractivity contribution in [3.8, 4) is 11.5 Å². The van der Waals surface area contributed by atoms with Gasteiger partial charge < -0.3 is 9.47 Å². The number of nitro groups is 1. The summed E-state index contributed by atoms with van der Waals surface area (Å²) >= 11 is 1.31. The third-order valence-electron chi connectivity index (χ3n) is 4.96. The van der Waals surface area contributed by atoms with Crippen LogP contribution in [0.25, 0.3) is 16.3 Å². The first-order chi connectivity index (χ1) is 16.5. The van der Waals surface area contributed by atoms with Crippen molar-refractivity contribution in [1.82, 2.24) is 9.97 Å². The van der Waals surface area contributed by atoms with Crippen LogP contribution in [0.4, 0.5) is 10.8 Å². The van der Waals surface area contributed by atoms with E-state index in [2.05, 4.69) is 9.97 Å². The minimum Gasteiger partial charge on any atom is -0.495 e. The summed E-state index contributed by atoms with van der Waals surface area (Å²) in [6.45, 7) is 0.233. The largest absolute Gasteiger partial charge is 0.495 e. The molecule has 172 valence electrons. The van der Waals surface area contributed by atoms with Crippen molar-refractivity contribution < 1.29 is 19.2 Å². The van der Waals surface area contributed by atoms with Crippen LogP contribution in [0.3, 0.4) is 0 Å². The summed E-state index contributed by atoms with van der Waals surface area (Å²) in [4.78, 5) is 34.2. The Morgan fingerprint density at radius 1 is 1.15 bits per heavy atom. The van der Waals surface area contributed by atoms with Gasteiger partial charge in [0.2, 0.25) is 0 Å². The van der Waals surface area contributed by atoms with Gasteiger partial charge in [0, 0.05) is 30.6 Å². The first kappa shape index (κ1) is 22.9. The average molecular weight is 477 g/mol. The maximum Gasteiger partial charge on any atom is 0.270 e. The summed E-state index contributed by atoms with van der Waals surface area (Å²) in [5.74, 6) is 0.854. The molecule has 2 heterocycles. The molecule has 0 saturated heterocycles. The van der Waals surface area contributed by atoms with E-state index in [1.807, 2.05) is 6.07 Å². The Labute approximate surface area is 199 Å². The predicted molar refractivity (Wildman–Crippen MR) is 130 cm³/mol. The van der Waals surface area contributed by atoms with Gasteiger partial charge in [0.15, 0.2) is 5.13 Å². The summed E-state index contributed by atoms with van der Waals surface area (Å²) in [5.41, 5.74) is 1.90. The second-order valence-electron chi connectivity index (χ2n) is 7.12. The lowest BCUT2D eigenvalue weighted by molar-refractivity contribution is -0.384. The molecular formula is C24H20N4O5S. The lowest BCUT2D eigenvalue weighted by atomic mass is 10.2. The molecule has 0 saturated carbocycles. The number of anilines is 1. The van der Waals surface area contributed by atoms with Gasteiger partial charge in [-0.25, -0.2) is 4.98 Å². The van der Waals surface area contributed by atoms with Gasteiger partial charge in [-0.1, -0.05) is 29.5 Å². The molecular weight excluding hydrogens is 456 g/mol. The van der Waals surface area contributed by atoms with Crippen LogP contribution in [-0.2, 0) is 11.3 Å². The summed E-state index contributed by atoms with van der Waals surface area (Å²) < 4.78 is 11.7. The molecule has 2 aromatic heterocycles. The minimum absolute atomic E-state index is 0.0489. The van der Waals surface area contributed by atoms with Crippen LogP contribution in [0.1, 0.15) is 11.1 Å². The van der Waals surface area contributed by atoms with Gasteiger partial charge >= 0.3 is 0 Å². The third kappa shape index (κ3) is 4.86. The Kier molecular flexibility index (Phi) is 6.79. The number of rotatable bonds is 8. The van der Waals surface area contributed by atoms with Crippen molar-refractivity contribution in [3.05, 3.63) is 88.2 Å². The highest BCUT2D eigenvalue weighted by Crippen LogP contribution is 2.40. The van der Waals surface area contributed by atoms with Crippen LogP contribution in [0.2, 0.25) is 0 Å². The number of non-ortho nitro benzene ring substituents is 1. The number of nitro benzene ring substituents is 1. The van der Waals surface area contributed by atoms with E-state index in [1.54, 1.807) is 63.0 Å². The van der Waals surface area contributed by atoms with Crippen molar-refractivity contribution in [1.29, 1.82) is 0 Å². The van der Waals surface area contributed by atoms with E-state index >= 15 is 0 Å². The summed E-state index contributed by atoms with van der Waals surface area (Å²) in [7, 11) is 3.13. The zero-order valence-electron chi connectivity index (χ0n) is 18.4. The number of benzene rings is 2. The second-order valence-corrected chi connectivity index (χ2v) is 8.09. The third-order valence-corrected chi connectivity index (χ3v) is 6.05. The molecule has 0 bridgehead atoms. The highest BCUT2D eigenvalue weighted by atomic mass is 32.1. The Hall–Kier alpha value is -4.31. The maximum absolute atomic E-state index is 13.3. The lowest BCUT2D eigenvalue weighted by Crippen LogP contribution is -2.28. The number of carbonyl (C=O) groups is 1. The van der Waals surface area contributed by atoms with Crippen LogP contribution in [0.5, 0.6) is 11.5 Å². The molecule has 0 aliphatic heterocycles. The smallest absolute Gasteiger partial charge is 0.270 e. The first-order valence-corrected chi connectivity index (χ1v) is 11.0. The van der Waals surface area contributed by atoms with E-state index in [1.165, 1.54) is 34.4 Å². The molecule has 4 rings (SSSR count). The fourth-order valence-electron chi connectivity index (χ4n) is 3.30. The predicted octanol–water partition coefficient (Wildman–Crippen LogP) is 4.86. The van der Waals surface area contributed by atoms with E-state index in [9.17, 15) is 14.9 Å². The maximum atomic E-state index is 13.3. The number of pyridine rings is 1. The molecule has 9 nitrogen and oxygen atoms in total. The number of nitrogens with zero attached hydrogens (tertiary/aromatic N) is 4. The van der Waals surface area contributed by atoms with E-state index in [0.29, 0.717) is 27.7 Å². The van der Waals surface area contributed by atoms with Crippen LogP contribution in [0, 0.1) is 10.1 Å². The van der Waals surface area contributed by atoms with Gasteiger partial charge in [-0.3, -0.25) is 24.8 Å². The van der Waals surface area contributed by atoms with Gasteiger partial charge in [0.1, 0.15) is 21.7 Å². The quantitative estimate of drug-likeness (QED) is 0.203. The minimum atomic E-state index is -0.476. The second kappa shape index (κ2) is 10.1. The van der Waals surface area contributed by atoms with E-state index in [4.69, 9.17) is 9.47 Å². The Bertz CT molecular complexity index is 1330. The monoisotopic (exact) mass is 476 g/mol. The van der Waals surface area contributed by atoms with Crippen LogP contribution in [0.15, 0.2) is 67.0 Å². The zero-order valence-corrected chi connectivity index (χ0v) is 19.2. The molecule has 0 radical (unpaired) electrons. The van der Waals surface area contributed by atoms with Gasteiger partial charge in [0.05, 0.1) is 25.7 Å². The molecule has 0 spiro atoms. The fraction of sp³-hybridized carbons (Fsp3) is 0.125. The van der Waals surface area contributed by atoms with E-state index in [-0.39, 0.29) is 18.1 Å². The highest BCUT2D eigenvalue weighted by Gasteiger charge is 2.22. The van der Waals surface area contributed by atoms with Gasteiger partial charge in [-0.15, -0.1) is 0 Å². The van der Waals surface area contributed by atoms with Crippen LogP contribution in [-0.4, -0.2) is 35.0 Å². The number of hydrogen-bond donors (Lipinski definition) is 0. The molecule has 34 heavy (non-hydrogen) atoms. The van der Waals surface area contributed by atoms with E-state index < -0.39 is 4.92 Å². The Morgan fingerprint density at radius 2 is 1.94 bits per heavy atom. The normalized spacial score (nSPS) is 11.0. The molecule has 10 heteroatoms. The number of hydrogen-bond acceptors (Lipinski definition) is 8. The molecule has 0 atom stereocenters. The molecule has 2 aromatic carbocycles. The SMILES string of the molecule is COc1ccc(OC)c2sc(N(Cc3cccnc3)C(=O)C=Cc3cccc([N+](=O)[O-])c3)nc12. The molecule has 1 amide bonds. The Balaban J connectivity index is 1.73. The average Bonchev–Trinajstić information content (AvgIpc) is 3.31. The van der Waals surface area contributed by atoms with Crippen LogP contribution >= 0.6 is 11.3 Å². The highest BCUT2D eigenvalue weighted by molar-refractivity contribution is 7.22. The van der Waals surface area contributed by atoms with Gasteiger partial charge in [-0.2, -0.15) is 0 Å². The standard InChI is InChI=1S/C24H20N4O5S/c1-32-19-9-10-20(33-2)23-22(19)26-24(34-23)27(15-17-6-4-12-25-14-17)21(29)11-8-16-5-3-7-18(13-16)28(30)31/h3-14H,15H2,1-2H3. The molecule has 0 unspecified atom stereocenters. The number of carbonyl (C=O) groups excluding carboxylic acids is 1. The first-order valence-electron chi connectivity index (χ1n) is 10.1.